The van der Waals surface area contributed by atoms with Crippen LogP contribution in [0.4, 0.5) is 0 Å². The monoisotopic (exact) mass is 414 g/mol. The highest BCUT2D eigenvalue weighted by molar-refractivity contribution is 9.10. The van der Waals surface area contributed by atoms with E-state index >= 15 is 0 Å². The Morgan fingerprint density at radius 2 is 1.85 bits per heavy atom. The first-order valence-corrected chi connectivity index (χ1v) is 9.34. The second-order valence-electron chi connectivity index (χ2n) is 6.28. The first-order valence-electron chi connectivity index (χ1n) is 8.55. The minimum Gasteiger partial charge on any atom is -0.480 e. The maximum absolute atomic E-state index is 12.9. The van der Waals surface area contributed by atoms with Crippen molar-refractivity contribution in [3.8, 4) is 11.8 Å². The third kappa shape index (κ3) is 5.34. The summed E-state index contributed by atoms with van der Waals surface area (Å²) in [7, 11) is 0. The van der Waals surface area contributed by atoms with Crippen LogP contribution in [0.5, 0.6) is 5.75 Å². The third-order valence-corrected chi connectivity index (χ3v) is 4.55. The van der Waals surface area contributed by atoms with E-state index in [0.29, 0.717) is 19.5 Å². The van der Waals surface area contributed by atoms with Crippen LogP contribution < -0.4 is 4.74 Å². The molecule has 5 heteroatoms. The molecule has 0 saturated heterocycles. The van der Waals surface area contributed by atoms with Gasteiger partial charge in [0.15, 0.2) is 6.10 Å². The van der Waals surface area contributed by atoms with E-state index in [0.717, 1.165) is 26.9 Å². The van der Waals surface area contributed by atoms with Gasteiger partial charge in [-0.25, -0.2) is 0 Å². The van der Waals surface area contributed by atoms with E-state index in [1.54, 1.807) is 11.8 Å². The maximum Gasteiger partial charge on any atom is 0.263 e. The van der Waals surface area contributed by atoms with Crippen LogP contribution in [0.1, 0.15) is 30.0 Å². The molecular formula is C21H23BrN2O2. The minimum absolute atomic E-state index is 0.120. The van der Waals surface area contributed by atoms with E-state index in [1.165, 1.54) is 0 Å². The van der Waals surface area contributed by atoms with Crippen molar-refractivity contribution < 1.29 is 9.53 Å². The van der Waals surface area contributed by atoms with Crippen molar-refractivity contribution in [2.75, 3.05) is 6.54 Å². The second-order valence-corrected chi connectivity index (χ2v) is 7.20. The Morgan fingerprint density at radius 3 is 2.42 bits per heavy atom. The Hall–Kier alpha value is -2.32. The summed E-state index contributed by atoms with van der Waals surface area (Å²) in [5.74, 6) is 0.611. The predicted molar refractivity (Wildman–Crippen MR) is 106 cm³/mol. The summed E-state index contributed by atoms with van der Waals surface area (Å²) >= 11 is 3.47. The predicted octanol–water partition coefficient (Wildman–Crippen LogP) is 4.78. The summed E-state index contributed by atoms with van der Waals surface area (Å²) in [5, 5.41) is 8.91. The highest BCUT2D eigenvalue weighted by Crippen LogP contribution is 2.28. The van der Waals surface area contributed by atoms with Crippen LogP contribution in [-0.2, 0) is 11.3 Å². The van der Waals surface area contributed by atoms with E-state index < -0.39 is 6.10 Å². The summed E-state index contributed by atoms with van der Waals surface area (Å²) in [6.07, 6.45) is -0.335. The number of ether oxygens (including phenoxy) is 1. The molecule has 0 spiro atoms. The van der Waals surface area contributed by atoms with E-state index in [9.17, 15) is 4.79 Å². The molecular weight excluding hydrogens is 392 g/mol. The average Bonchev–Trinajstić information content (AvgIpc) is 2.61. The molecule has 0 aromatic heterocycles. The first kappa shape index (κ1) is 20.0. The van der Waals surface area contributed by atoms with Gasteiger partial charge in [-0.3, -0.25) is 4.79 Å². The molecule has 1 atom stereocenters. The molecule has 136 valence electrons. The van der Waals surface area contributed by atoms with Gasteiger partial charge in [0.25, 0.3) is 5.91 Å². The summed E-state index contributed by atoms with van der Waals surface area (Å²) < 4.78 is 6.98. The summed E-state index contributed by atoms with van der Waals surface area (Å²) in [6, 6.07) is 15.8. The molecule has 0 fully saturated rings. The van der Waals surface area contributed by atoms with Crippen LogP contribution in [-0.4, -0.2) is 23.5 Å². The molecule has 4 nitrogen and oxygen atoms in total. The number of halogens is 1. The van der Waals surface area contributed by atoms with E-state index in [1.807, 2.05) is 56.3 Å². The number of carbonyl (C=O) groups is 1. The van der Waals surface area contributed by atoms with Crippen molar-refractivity contribution in [3.05, 3.63) is 63.6 Å². The number of hydrogen-bond donors (Lipinski definition) is 0. The molecule has 0 aliphatic rings. The number of nitrogens with zero attached hydrogens (tertiary/aromatic N) is 2. The average molecular weight is 415 g/mol. The van der Waals surface area contributed by atoms with Gasteiger partial charge in [0, 0.05) is 17.6 Å². The number of amides is 1. The van der Waals surface area contributed by atoms with Crippen LogP contribution in [0, 0.1) is 25.2 Å². The molecule has 2 rings (SSSR count). The fourth-order valence-electron chi connectivity index (χ4n) is 2.82. The lowest BCUT2D eigenvalue weighted by atomic mass is 10.1. The quantitative estimate of drug-likeness (QED) is 0.654. The van der Waals surface area contributed by atoms with Gasteiger partial charge in [0.05, 0.1) is 12.5 Å². The van der Waals surface area contributed by atoms with Crippen LogP contribution >= 0.6 is 15.9 Å². The lowest BCUT2D eigenvalue weighted by Crippen LogP contribution is -2.40. The minimum atomic E-state index is -0.629. The molecule has 1 unspecified atom stereocenters. The maximum atomic E-state index is 12.9. The van der Waals surface area contributed by atoms with E-state index in [2.05, 4.69) is 22.0 Å². The van der Waals surface area contributed by atoms with Gasteiger partial charge < -0.3 is 9.64 Å². The molecule has 1 amide bonds. The molecule has 0 aliphatic carbocycles. The number of hydrogen-bond acceptors (Lipinski definition) is 3. The number of rotatable bonds is 7. The van der Waals surface area contributed by atoms with E-state index in [-0.39, 0.29) is 5.91 Å². The Kier molecular flexibility index (Phi) is 7.23. The Morgan fingerprint density at radius 1 is 1.23 bits per heavy atom. The molecule has 26 heavy (non-hydrogen) atoms. The molecule has 2 aromatic rings. The molecule has 0 bridgehead atoms. The van der Waals surface area contributed by atoms with Crippen molar-refractivity contribution in [3.63, 3.8) is 0 Å². The highest BCUT2D eigenvalue weighted by atomic mass is 79.9. The summed E-state index contributed by atoms with van der Waals surface area (Å²) in [4.78, 5) is 14.6. The number of aryl methyl sites for hydroxylation is 2. The van der Waals surface area contributed by atoms with Crippen molar-refractivity contribution >= 4 is 21.8 Å². The largest absolute Gasteiger partial charge is 0.480 e. The fourth-order valence-corrected chi connectivity index (χ4v) is 3.51. The molecule has 0 N–H and O–H groups in total. The van der Waals surface area contributed by atoms with Crippen LogP contribution in [0.3, 0.4) is 0 Å². The zero-order chi connectivity index (χ0) is 19.1. The number of benzene rings is 2. The third-order valence-electron chi connectivity index (χ3n) is 4.09. The fraction of sp³-hybridized carbons (Fsp3) is 0.333. The van der Waals surface area contributed by atoms with Gasteiger partial charge in [0.1, 0.15) is 5.75 Å². The van der Waals surface area contributed by atoms with Crippen molar-refractivity contribution in [2.45, 2.75) is 39.8 Å². The summed E-state index contributed by atoms with van der Waals surface area (Å²) in [6.45, 7) is 6.53. The molecule has 0 heterocycles. The first-order chi connectivity index (χ1) is 12.4. The van der Waals surface area contributed by atoms with E-state index in [4.69, 9.17) is 10.00 Å². The number of nitriles is 1. The lowest BCUT2D eigenvalue weighted by Gasteiger charge is -2.26. The standard InChI is InChI=1S/C21H23BrN2O2/c1-15-12-19(22)13-16(2)20(15)26-17(3)21(25)24(11-7-10-23)14-18-8-5-4-6-9-18/h4-6,8-9,12-13,17H,7,11,14H2,1-3H3. The van der Waals surface area contributed by atoms with Crippen LogP contribution in [0.2, 0.25) is 0 Å². The van der Waals surface area contributed by atoms with Crippen LogP contribution in [0.25, 0.3) is 0 Å². The zero-order valence-electron chi connectivity index (χ0n) is 15.3. The Labute approximate surface area is 163 Å². The van der Waals surface area contributed by atoms with Gasteiger partial charge in [0.2, 0.25) is 0 Å². The molecule has 0 radical (unpaired) electrons. The van der Waals surface area contributed by atoms with Gasteiger partial charge in [-0.1, -0.05) is 46.3 Å². The van der Waals surface area contributed by atoms with Crippen molar-refractivity contribution in [2.24, 2.45) is 0 Å². The molecule has 2 aromatic carbocycles. The van der Waals surface area contributed by atoms with Gasteiger partial charge in [-0.15, -0.1) is 0 Å². The molecule has 0 aliphatic heterocycles. The van der Waals surface area contributed by atoms with Crippen LogP contribution in [0.15, 0.2) is 46.9 Å². The Balaban J connectivity index is 2.15. The molecule has 0 saturated carbocycles. The van der Waals surface area contributed by atoms with Gasteiger partial charge in [-0.2, -0.15) is 5.26 Å². The summed E-state index contributed by atoms with van der Waals surface area (Å²) in [5.41, 5.74) is 2.98. The topological polar surface area (TPSA) is 53.3 Å². The zero-order valence-corrected chi connectivity index (χ0v) is 16.9. The van der Waals surface area contributed by atoms with Crippen molar-refractivity contribution in [1.82, 2.24) is 4.90 Å². The highest BCUT2D eigenvalue weighted by Gasteiger charge is 2.23. The normalized spacial score (nSPS) is 11.5. The van der Waals surface area contributed by atoms with Gasteiger partial charge in [-0.05, 0) is 49.6 Å². The van der Waals surface area contributed by atoms with Gasteiger partial charge >= 0.3 is 0 Å². The SMILES string of the molecule is Cc1cc(Br)cc(C)c1OC(C)C(=O)N(CCC#N)Cc1ccccc1. The van der Waals surface area contributed by atoms with Crippen molar-refractivity contribution in [1.29, 1.82) is 5.26 Å². The lowest BCUT2D eigenvalue weighted by molar-refractivity contribution is -0.138. The number of carbonyl (C=O) groups excluding carboxylic acids is 1. The second kappa shape index (κ2) is 9.40. The smallest absolute Gasteiger partial charge is 0.263 e. The Bertz CT molecular complexity index is 776.